The Balaban J connectivity index is 1.75. The Morgan fingerprint density at radius 1 is 1.50 bits per heavy atom. The first kappa shape index (κ1) is 15.3. The number of rotatable bonds is 6. The molecular weight excluding hydrogens is 252 g/mol. The van der Waals surface area contributed by atoms with Crippen molar-refractivity contribution in [2.45, 2.75) is 18.9 Å². The van der Waals surface area contributed by atoms with Crippen molar-refractivity contribution >= 4 is 0 Å². The van der Waals surface area contributed by atoms with Gasteiger partial charge in [0.05, 0.1) is 13.2 Å². The minimum atomic E-state index is -0.480. The zero-order valence-corrected chi connectivity index (χ0v) is 12.5. The molecule has 1 aromatic carbocycles. The quantitative estimate of drug-likeness (QED) is 0.831. The minimum absolute atomic E-state index is 0.480. The predicted octanol–water partition coefficient (Wildman–Crippen LogP) is 1.66. The van der Waals surface area contributed by atoms with Gasteiger partial charge in [-0.3, -0.25) is 0 Å². The first-order valence-corrected chi connectivity index (χ1v) is 7.40. The lowest BCUT2D eigenvalue weighted by Crippen LogP contribution is -2.38. The first-order valence-electron chi connectivity index (χ1n) is 7.40. The average molecular weight is 278 g/mol. The Hall–Kier alpha value is -1.10. The van der Waals surface area contributed by atoms with E-state index in [1.54, 1.807) is 7.11 Å². The van der Waals surface area contributed by atoms with Crippen molar-refractivity contribution in [3.8, 4) is 5.75 Å². The molecule has 1 aliphatic heterocycles. The molecule has 1 heterocycles. The van der Waals surface area contributed by atoms with Crippen LogP contribution in [0.15, 0.2) is 24.3 Å². The van der Waals surface area contributed by atoms with E-state index in [-0.39, 0.29) is 0 Å². The molecule has 20 heavy (non-hydrogen) atoms. The summed E-state index contributed by atoms with van der Waals surface area (Å²) in [6.45, 7) is 3.93. The fraction of sp³-hybridized carbons (Fsp3) is 0.625. The molecule has 112 valence electrons. The molecule has 1 aromatic rings. The number of hydrogen-bond donors (Lipinski definition) is 2. The van der Waals surface area contributed by atoms with Gasteiger partial charge in [-0.15, -0.1) is 0 Å². The Morgan fingerprint density at radius 3 is 3.10 bits per heavy atom. The van der Waals surface area contributed by atoms with Crippen LogP contribution in [0, 0.1) is 5.92 Å². The molecule has 0 amide bonds. The number of nitrogens with one attached hydrogen (secondary N) is 1. The van der Waals surface area contributed by atoms with Gasteiger partial charge in [0.25, 0.3) is 0 Å². The number of likely N-dealkylation sites (tertiary alicyclic amines) is 1. The smallest absolute Gasteiger partial charge is 0.119 e. The van der Waals surface area contributed by atoms with E-state index >= 15 is 0 Å². The molecule has 0 saturated carbocycles. The SMILES string of the molecule is COc1cccc(C(O)CNCC2CCCN(C)C2)c1. The normalized spacial score (nSPS) is 21.6. The summed E-state index contributed by atoms with van der Waals surface area (Å²) in [7, 11) is 3.82. The second-order valence-corrected chi connectivity index (χ2v) is 5.72. The summed E-state index contributed by atoms with van der Waals surface area (Å²) in [6.07, 6.45) is 2.08. The zero-order chi connectivity index (χ0) is 14.4. The monoisotopic (exact) mass is 278 g/mol. The van der Waals surface area contributed by atoms with Crippen LogP contribution in [0.5, 0.6) is 5.75 Å². The molecule has 1 saturated heterocycles. The molecule has 0 aliphatic carbocycles. The molecular formula is C16H26N2O2. The van der Waals surface area contributed by atoms with Gasteiger partial charge in [0, 0.05) is 13.1 Å². The van der Waals surface area contributed by atoms with Gasteiger partial charge in [-0.25, -0.2) is 0 Å². The molecule has 2 rings (SSSR count). The molecule has 0 aromatic heterocycles. The van der Waals surface area contributed by atoms with Crippen LogP contribution in [-0.2, 0) is 0 Å². The fourth-order valence-electron chi connectivity index (χ4n) is 2.83. The topological polar surface area (TPSA) is 44.7 Å². The summed E-state index contributed by atoms with van der Waals surface area (Å²) in [5, 5.41) is 13.6. The third-order valence-electron chi connectivity index (χ3n) is 3.97. The summed E-state index contributed by atoms with van der Waals surface area (Å²) in [6, 6.07) is 7.62. The molecule has 0 radical (unpaired) electrons. The van der Waals surface area contributed by atoms with Crippen molar-refractivity contribution < 1.29 is 9.84 Å². The lowest BCUT2D eigenvalue weighted by molar-refractivity contribution is 0.163. The summed E-state index contributed by atoms with van der Waals surface area (Å²) >= 11 is 0. The molecule has 1 fully saturated rings. The van der Waals surface area contributed by atoms with E-state index in [1.807, 2.05) is 24.3 Å². The van der Waals surface area contributed by atoms with Gasteiger partial charge in [-0.1, -0.05) is 12.1 Å². The number of ether oxygens (including phenoxy) is 1. The molecule has 4 nitrogen and oxygen atoms in total. The summed E-state index contributed by atoms with van der Waals surface area (Å²) in [5.41, 5.74) is 0.901. The van der Waals surface area contributed by atoms with Crippen LogP contribution in [0.3, 0.4) is 0 Å². The lowest BCUT2D eigenvalue weighted by Gasteiger charge is -2.30. The van der Waals surface area contributed by atoms with E-state index < -0.39 is 6.10 Å². The van der Waals surface area contributed by atoms with E-state index in [9.17, 15) is 5.11 Å². The maximum absolute atomic E-state index is 10.2. The van der Waals surface area contributed by atoms with Crippen LogP contribution >= 0.6 is 0 Å². The van der Waals surface area contributed by atoms with Gasteiger partial charge < -0.3 is 20.1 Å². The van der Waals surface area contributed by atoms with Crippen LogP contribution in [0.1, 0.15) is 24.5 Å². The van der Waals surface area contributed by atoms with Gasteiger partial charge in [0.15, 0.2) is 0 Å². The summed E-state index contributed by atoms with van der Waals surface area (Å²) in [4.78, 5) is 2.38. The maximum Gasteiger partial charge on any atom is 0.119 e. The van der Waals surface area contributed by atoms with Gasteiger partial charge in [0.1, 0.15) is 5.75 Å². The van der Waals surface area contributed by atoms with Gasteiger partial charge in [-0.2, -0.15) is 0 Å². The van der Waals surface area contributed by atoms with Crippen LogP contribution in [0.2, 0.25) is 0 Å². The molecule has 1 aliphatic rings. The summed E-state index contributed by atoms with van der Waals surface area (Å²) in [5.74, 6) is 1.49. The Morgan fingerprint density at radius 2 is 2.35 bits per heavy atom. The first-order chi connectivity index (χ1) is 9.69. The number of methoxy groups -OCH3 is 1. The third kappa shape index (κ3) is 4.47. The maximum atomic E-state index is 10.2. The number of aliphatic hydroxyl groups is 1. The third-order valence-corrected chi connectivity index (χ3v) is 3.97. The summed E-state index contributed by atoms with van der Waals surface area (Å²) < 4.78 is 5.18. The molecule has 0 spiro atoms. The number of hydrogen-bond acceptors (Lipinski definition) is 4. The van der Waals surface area contributed by atoms with Gasteiger partial charge >= 0.3 is 0 Å². The zero-order valence-electron chi connectivity index (χ0n) is 12.5. The minimum Gasteiger partial charge on any atom is -0.497 e. The molecule has 2 N–H and O–H groups in total. The van der Waals surface area contributed by atoms with Crippen LogP contribution in [0.25, 0.3) is 0 Å². The highest BCUT2D eigenvalue weighted by molar-refractivity contribution is 5.29. The molecule has 2 atom stereocenters. The average Bonchev–Trinajstić information content (AvgIpc) is 2.47. The Kier molecular flexibility index (Phi) is 5.83. The van der Waals surface area contributed by atoms with E-state index in [2.05, 4.69) is 17.3 Å². The Labute approximate surface area is 121 Å². The highest BCUT2D eigenvalue weighted by atomic mass is 16.5. The molecule has 0 bridgehead atoms. The molecule has 2 unspecified atom stereocenters. The van der Waals surface area contributed by atoms with E-state index in [4.69, 9.17) is 4.74 Å². The van der Waals surface area contributed by atoms with Crippen molar-refractivity contribution in [2.24, 2.45) is 5.92 Å². The second kappa shape index (κ2) is 7.62. The van der Waals surface area contributed by atoms with E-state index in [0.717, 1.165) is 24.4 Å². The molecule has 4 heteroatoms. The van der Waals surface area contributed by atoms with Crippen molar-refractivity contribution in [1.82, 2.24) is 10.2 Å². The second-order valence-electron chi connectivity index (χ2n) is 5.72. The van der Waals surface area contributed by atoms with Crippen molar-refractivity contribution in [2.75, 3.05) is 40.3 Å². The van der Waals surface area contributed by atoms with E-state index in [1.165, 1.54) is 19.4 Å². The number of aliphatic hydroxyl groups excluding tert-OH is 1. The van der Waals surface area contributed by atoms with Crippen LogP contribution in [0.4, 0.5) is 0 Å². The Bertz CT molecular complexity index is 411. The standard InChI is InChI=1S/C16H26N2O2/c1-18-8-4-5-13(12-18)10-17-11-16(19)14-6-3-7-15(9-14)20-2/h3,6-7,9,13,16-17,19H,4-5,8,10-12H2,1-2H3. The van der Waals surface area contributed by atoms with E-state index in [0.29, 0.717) is 12.5 Å². The van der Waals surface area contributed by atoms with Crippen molar-refractivity contribution in [1.29, 1.82) is 0 Å². The lowest BCUT2D eigenvalue weighted by atomic mass is 9.98. The highest BCUT2D eigenvalue weighted by Crippen LogP contribution is 2.19. The highest BCUT2D eigenvalue weighted by Gasteiger charge is 2.17. The van der Waals surface area contributed by atoms with Crippen molar-refractivity contribution in [3.63, 3.8) is 0 Å². The number of nitrogens with zero attached hydrogens (tertiary/aromatic N) is 1. The predicted molar refractivity (Wildman–Crippen MR) is 81.0 cm³/mol. The van der Waals surface area contributed by atoms with Gasteiger partial charge in [-0.05, 0) is 56.6 Å². The van der Waals surface area contributed by atoms with Crippen LogP contribution in [-0.4, -0.2) is 50.3 Å². The largest absolute Gasteiger partial charge is 0.497 e. The number of piperidine rings is 1. The van der Waals surface area contributed by atoms with Crippen molar-refractivity contribution in [3.05, 3.63) is 29.8 Å². The number of benzene rings is 1. The van der Waals surface area contributed by atoms with Gasteiger partial charge in [0.2, 0.25) is 0 Å². The fourth-order valence-corrected chi connectivity index (χ4v) is 2.83. The van der Waals surface area contributed by atoms with Crippen LogP contribution < -0.4 is 10.1 Å².